The number of nitrogens with zero attached hydrogens (tertiary/aromatic N) is 4. The van der Waals surface area contributed by atoms with E-state index in [9.17, 15) is 0 Å². The molecule has 0 unspecified atom stereocenters. The fourth-order valence-electron chi connectivity index (χ4n) is 3.11. The summed E-state index contributed by atoms with van der Waals surface area (Å²) in [6.45, 7) is 7.81. The number of likely N-dealkylation sites (tertiary alicyclic amines) is 1. The first-order valence-corrected chi connectivity index (χ1v) is 7.95. The highest BCUT2D eigenvalue weighted by molar-refractivity contribution is 5.78. The minimum absolute atomic E-state index is 0.886. The topological polar surface area (TPSA) is 46.0 Å². The van der Waals surface area contributed by atoms with Crippen LogP contribution in [0.2, 0.25) is 0 Å². The smallest absolute Gasteiger partial charge is 0.157 e. The zero-order valence-electron chi connectivity index (χ0n) is 13.1. The first-order valence-electron chi connectivity index (χ1n) is 7.95. The monoisotopic (exact) mass is 287 g/mol. The fraction of sp³-hybridized carbons (Fsp3) is 0.625. The van der Waals surface area contributed by atoms with E-state index in [1.807, 2.05) is 24.9 Å². The largest absolute Gasteiger partial charge is 0.313 e. The van der Waals surface area contributed by atoms with Crippen LogP contribution in [-0.2, 0) is 13.6 Å². The molecule has 1 fully saturated rings. The minimum Gasteiger partial charge on any atom is -0.313 e. The fourth-order valence-corrected chi connectivity index (χ4v) is 3.11. The Morgan fingerprint density at radius 3 is 2.90 bits per heavy atom. The van der Waals surface area contributed by atoms with Gasteiger partial charge in [-0.25, -0.2) is 4.98 Å². The Morgan fingerprint density at radius 1 is 1.29 bits per heavy atom. The van der Waals surface area contributed by atoms with Crippen molar-refractivity contribution in [1.29, 1.82) is 0 Å². The quantitative estimate of drug-likeness (QED) is 0.824. The van der Waals surface area contributed by atoms with E-state index < -0.39 is 0 Å². The maximum atomic E-state index is 4.52. The van der Waals surface area contributed by atoms with Gasteiger partial charge in [0.1, 0.15) is 0 Å². The van der Waals surface area contributed by atoms with Crippen LogP contribution in [-0.4, -0.2) is 45.8 Å². The molecular formula is C16H25N5. The SMILES string of the molecule is Cc1nn(C)c2ncc(CNCCCN3CCCC3)cc12. The Labute approximate surface area is 126 Å². The number of pyridine rings is 1. The van der Waals surface area contributed by atoms with Gasteiger partial charge in [-0.2, -0.15) is 5.10 Å². The van der Waals surface area contributed by atoms with Crippen molar-refractivity contribution in [3.05, 3.63) is 23.5 Å². The molecule has 0 spiro atoms. The maximum Gasteiger partial charge on any atom is 0.157 e. The van der Waals surface area contributed by atoms with Crippen molar-refractivity contribution < 1.29 is 0 Å². The van der Waals surface area contributed by atoms with Crippen molar-refractivity contribution >= 4 is 11.0 Å². The number of fused-ring (bicyclic) bond motifs is 1. The minimum atomic E-state index is 0.886. The van der Waals surface area contributed by atoms with Gasteiger partial charge in [-0.1, -0.05) is 0 Å². The molecule has 1 aliphatic heterocycles. The number of aromatic nitrogens is 3. The Balaban J connectivity index is 1.47. The maximum absolute atomic E-state index is 4.52. The molecule has 0 radical (unpaired) electrons. The summed E-state index contributed by atoms with van der Waals surface area (Å²) in [5, 5.41) is 9.10. The summed E-state index contributed by atoms with van der Waals surface area (Å²) in [7, 11) is 1.94. The predicted octanol–water partition coefficient (Wildman–Crippen LogP) is 1.85. The standard InChI is InChI=1S/C16H25N5/c1-13-15-10-14(12-18-16(15)20(2)19-13)11-17-6-5-9-21-7-3-4-8-21/h10,12,17H,3-9,11H2,1-2H3. The Hall–Kier alpha value is -1.46. The molecule has 114 valence electrons. The molecule has 5 heteroatoms. The Morgan fingerprint density at radius 2 is 2.10 bits per heavy atom. The highest BCUT2D eigenvalue weighted by Gasteiger charge is 2.10. The normalized spacial score (nSPS) is 16.1. The van der Waals surface area contributed by atoms with Crippen LogP contribution in [0.4, 0.5) is 0 Å². The number of nitrogens with one attached hydrogen (secondary N) is 1. The summed E-state index contributed by atoms with van der Waals surface area (Å²) in [5.41, 5.74) is 3.25. The lowest BCUT2D eigenvalue weighted by Gasteiger charge is -2.14. The van der Waals surface area contributed by atoms with E-state index in [2.05, 4.69) is 26.4 Å². The second-order valence-corrected chi connectivity index (χ2v) is 6.00. The van der Waals surface area contributed by atoms with Gasteiger partial charge in [-0.05, 0) is 64.0 Å². The van der Waals surface area contributed by atoms with Gasteiger partial charge in [-0.15, -0.1) is 0 Å². The van der Waals surface area contributed by atoms with Gasteiger partial charge in [0, 0.05) is 25.2 Å². The van der Waals surface area contributed by atoms with Crippen LogP contribution in [0.5, 0.6) is 0 Å². The summed E-state index contributed by atoms with van der Waals surface area (Å²) >= 11 is 0. The molecule has 0 atom stereocenters. The molecule has 1 saturated heterocycles. The second kappa shape index (κ2) is 6.54. The Kier molecular flexibility index (Phi) is 4.51. The summed E-state index contributed by atoms with van der Waals surface area (Å²) in [4.78, 5) is 7.08. The molecule has 21 heavy (non-hydrogen) atoms. The van der Waals surface area contributed by atoms with Gasteiger partial charge in [0.25, 0.3) is 0 Å². The van der Waals surface area contributed by atoms with Crippen LogP contribution in [0, 0.1) is 6.92 Å². The number of hydrogen-bond acceptors (Lipinski definition) is 4. The average Bonchev–Trinajstić information content (AvgIpc) is 3.08. The summed E-state index contributed by atoms with van der Waals surface area (Å²) < 4.78 is 1.85. The molecule has 0 bridgehead atoms. The van der Waals surface area contributed by atoms with E-state index in [0.29, 0.717) is 0 Å². The molecule has 3 heterocycles. The van der Waals surface area contributed by atoms with Gasteiger partial charge >= 0.3 is 0 Å². The van der Waals surface area contributed by atoms with E-state index >= 15 is 0 Å². The number of hydrogen-bond donors (Lipinski definition) is 1. The molecule has 0 saturated carbocycles. The zero-order valence-corrected chi connectivity index (χ0v) is 13.1. The van der Waals surface area contributed by atoms with Gasteiger partial charge in [0.15, 0.2) is 5.65 Å². The number of aryl methyl sites for hydroxylation is 2. The lowest BCUT2D eigenvalue weighted by atomic mass is 10.2. The molecule has 1 N–H and O–H groups in total. The van der Waals surface area contributed by atoms with Gasteiger partial charge in [0.2, 0.25) is 0 Å². The average molecular weight is 287 g/mol. The summed E-state index contributed by atoms with van der Waals surface area (Å²) in [6, 6.07) is 2.21. The molecule has 5 nitrogen and oxygen atoms in total. The van der Waals surface area contributed by atoms with Crippen molar-refractivity contribution in [3.63, 3.8) is 0 Å². The van der Waals surface area contributed by atoms with Gasteiger partial charge < -0.3 is 10.2 Å². The first-order chi connectivity index (χ1) is 10.2. The molecule has 0 aromatic carbocycles. The van der Waals surface area contributed by atoms with Gasteiger partial charge in [-0.3, -0.25) is 4.68 Å². The third kappa shape index (κ3) is 3.41. The van der Waals surface area contributed by atoms with Crippen LogP contribution in [0.3, 0.4) is 0 Å². The second-order valence-electron chi connectivity index (χ2n) is 6.00. The lowest BCUT2D eigenvalue weighted by Crippen LogP contribution is -2.24. The third-order valence-electron chi connectivity index (χ3n) is 4.28. The number of rotatable bonds is 6. The van der Waals surface area contributed by atoms with Crippen molar-refractivity contribution in [2.24, 2.45) is 7.05 Å². The predicted molar refractivity (Wildman–Crippen MR) is 85.2 cm³/mol. The Bertz CT molecular complexity index is 598. The van der Waals surface area contributed by atoms with Gasteiger partial charge in [0.05, 0.1) is 5.69 Å². The highest BCUT2D eigenvalue weighted by atomic mass is 15.3. The summed E-state index contributed by atoms with van der Waals surface area (Å²) in [5.74, 6) is 0. The van der Waals surface area contributed by atoms with Crippen LogP contribution >= 0.6 is 0 Å². The van der Waals surface area contributed by atoms with Crippen LogP contribution in [0.1, 0.15) is 30.5 Å². The molecule has 1 aliphatic rings. The summed E-state index contributed by atoms with van der Waals surface area (Å²) in [6.07, 6.45) is 5.94. The van der Waals surface area contributed by atoms with Crippen LogP contribution in [0.25, 0.3) is 11.0 Å². The molecule has 0 aliphatic carbocycles. The molecular weight excluding hydrogens is 262 g/mol. The third-order valence-corrected chi connectivity index (χ3v) is 4.28. The van der Waals surface area contributed by atoms with E-state index in [0.717, 1.165) is 29.8 Å². The van der Waals surface area contributed by atoms with E-state index in [1.54, 1.807) is 0 Å². The molecule has 2 aromatic heterocycles. The molecule has 0 amide bonds. The van der Waals surface area contributed by atoms with E-state index in [1.165, 1.54) is 44.5 Å². The van der Waals surface area contributed by atoms with E-state index in [-0.39, 0.29) is 0 Å². The zero-order chi connectivity index (χ0) is 14.7. The lowest BCUT2D eigenvalue weighted by molar-refractivity contribution is 0.331. The van der Waals surface area contributed by atoms with Crippen molar-refractivity contribution in [1.82, 2.24) is 25.0 Å². The molecule has 2 aromatic rings. The van der Waals surface area contributed by atoms with E-state index in [4.69, 9.17) is 0 Å². The van der Waals surface area contributed by atoms with Crippen LogP contribution < -0.4 is 5.32 Å². The molecule has 3 rings (SSSR count). The highest BCUT2D eigenvalue weighted by Crippen LogP contribution is 2.16. The van der Waals surface area contributed by atoms with Crippen molar-refractivity contribution in [2.45, 2.75) is 32.7 Å². The van der Waals surface area contributed by atoms with Crippen molar-refractivity contribution in [2.75, 3.05) is 26.2 Å². The first kappa shape index (κ1) is 14.5. The van der Waals surface area contributed by atoms with Crippen molar-refractivity contribution in [3.8, 4) is 0 Å². The van der Waals surface area contributed by atoms with Crippen LogP contribution in [0.15, 0.2) is 12.3 Å².